The van der Waals surface area contributed by atoms with Crippen LogP contribution in [0, 0.1) is 0 Å². The van der Waals surface area contributed by atoms with Crippen molar-refractivity contribution < 1.29 is 4.74 Å². The van der Waals surface area contributed by atoms with Crippen molar-refractivity contribution in [3.8, 4) is 11.4 Å². The van der Waals surface area contributed by atoms with Crippen molar-refractivity contribution in [1.29, 1.82) is 0 Å². The van der Waals surface area contributed by atoms with Crippen molar-refractivity contribution in [2.24, 2.45) is 0 Å². The second-order valence-corrected chi connectivity index (χ2v) is 5.41. The van der Waals surface area contributed by atoms with Crippen LogP contribution >= 0.6 is 27.7 Å². The molecule has 0 aliphatic carbocycles. The first kappa shape index (κ1) is 13.6. The standard InChI is InChI=1S/C12H14BrN3OS/c1-2-17-7-8-18-12-14-11(15-16-12)9-5-3-4-6-10(9)13/h3-6H,2,7-8H2,1H3,(H,14,15,16). The second kappa shape index (κ2) is 6.92. The predicted octanol–water partition coefficient (Wildman–Crippen LogP) is 3.36. The van der Waals surface area contributed by atoms with Gasteiger partial charge in [-0.15, -0.1) is 5.10 Å². The Morgan fingerprint density at radius 2 is 2.22 bits per heavy atom. The highest BCUT2D eigenvalue weighted by Gasteiger charge is 2.08. The molecule has 1 aromatic carbocycles. The number of nitrogens with one attached hydrogen (secondary N) is 1. The van der Waals surface area contributed by atoms with Crippen LogP contribution < -0.4 is 0 Å². The van der Waals surface area contributed by atoms with Gasteiger partial charge < -0.3 is 4.74 Å². The molecule has 2 aromatic rings. The minimum absolute atomic E-state index is 0.722. The molecule has 18 heavy (non-hydrogen) atoms. The first-order valence-corrected chi connectivity index (χ1v) is 7.47. The summed E-state index contributed by atoms with van der Waals surface area (Å²) in [4.78, 5) is 4.45. The van der Waals surface area contributed by atoms with Crippen molar-refractivity contribution in [3.05, 3.63) is 28.7 Å². The van der Waals surface area contributed by atoms with Gasteiger partial charge in [-0.1, -0.05) is 45.9 Å². The first-order chi connectivity index (χ1) is 8.81. The monoisotopic (exact) mass is 327 g/mol. The molecule has 0 spiro atoms. The van der Waals surface area contributed by atoms with Crippen molar-refractivity contribution in [3.63, 3.8) is 0 Å². The molecular formula is C12H14BrN3OS. The van der Waals surface area contributed by atoms with Gasteiger partial charge in [0.2, 0.25) is 5.16 Å². The summed E-state index contributed by atoms with van der Waals surface area (Å²) < 4.78 is 6.28. The molecule has 0 saturated heterocycles. The number of hydrogen-bond donors (Lipinski definition) is 1. The number of hydrogen-bond acceptors (Lipinski definition) is 4. The number of rotatable bonds is 6. The summed E-state index contributed by atoms with van der Waals surface area (Å²) in [6, 6.07) is 7.94. The number of ether oxygens (including phenoxy) is 1. The maximum absolute atomic E-state index is 5.27. The number of halogens is 1. The minimum atomic E-state index is 0.722. The third kappa shape index (κ3) is 3.57. The van der Waals surface area contributed by atoms with Gasteiger partial charge in [0.15, 0.2) is 5.82 Å². The quantitative estimate of drug-likeness (QED) is 0.652. The number of aromatic amines is 1. The molecule has 0 unspecified atom stereocenters. The van der Waals surface area contributed by atoms with Crippen molar-refractivity contribution in [2.75, 3.05) is 19.0 Å². The Bertz CT molecular complexity index is 504. The summed E-state index contributed by atoms with van der Waals surface area (Å²) in [5.41, 5.74) is 1.02. The van der Waals surface area contributed by atoms with E-state index in [2.05, 4.69) is 31.1 Å². The summed E-state index contributed by atoms with van der Waals surface area (Å²) in [7, 11) is 0. The average Bonchev–Trinajstić information content (AvgIpc) is 2.84. The van der Waals surface area contributed by atoms with Crippen molar-refractivity contribution >= 4 is 27.7 Å². The summed E-state index contributed by atoms with van der Waals surface area (Å²) >= 11 is 5.09. The maximum atomic E-state index is 5.27. The molecule has 0 radical (unpaired) electrons. The molecule has 1 aromatic heterocycles. The van der Waals surface area contributed by atoms with Crippen LogP contribution in [0.3, 0.4) is 0 Å². The topological polar surface area (TPSA) is 50.8 Å². The van der Waals surface area contributed by atoms with Gasteiger partial charge in [-0.25, -0.2) is 4.98 Å². The molecule has 0 bridgehead atoms. The normalized spacial score (nSPS) is 10.8. The van der Waals surface area contributed by atoms with E-state index in [-0.39, 0.29) is 0 Å². The summed E-state index contributed by atoms with van der Waals surface area (Å²) in [5, 5.41) is 7.88. The van der Waals surface area contributed by atoms with Crippen molar-refractivity contribution in [1.82, 2.24) is 15.2 Å². The lowest BCUT2D eigenvalue weighted by molar-refractivity contribution is 0.164. The van der Waals surface area contributed by atoms with Gasteiger partial charge in [0.1, 0.15) is 0 Å². The van der Waals surface area contributed by atoms with Crippen LogP contribution in [-0.4, -0.2) is 34.1 Å². The third-order valence-electron chi connectivity index (χ3n) is 2.26. The number of thioether (sulfide) groups is 1. The fourth-order valence-corrected chi connectivity index (χ4v) is 2.54. The first-order valence-electron chi connectivity index (χ1n) is 5.69. The van der Waals surface area contributed by atoms with Crippen LogP contribution in [0.25, 0.3) is 11.4 Å². The summed E-state index contributed by atoms with van der Waals surface area (Å²) in [6.45, 7) is 3.46. The highest BCUT2D eigenvalue weighted by molar-refractivity contribution is 9.10. The molecule has 4 nitrogen and oxygen atoms in total. The van der Waals surface area contributed by atoms with Gasteiger partial charge in [0, 0.05) is 22.4 Å². The van der Waals surface area contributed by atoms with Gasteiger partial charge in [0.25, 0.3) is 0 Å². The second-order valence-electron chi connectivity index (χ2n) is 3.49. The molecule has 0 atom stereocenters. The molecule has 0 aliphatic rings. The Labute approximate surface area is 119 Å². The van der Waals surface area contributed by atoms with Crippen LogP contribution in [-0.2, 0) is 4.74 Å². The number of aromatic nitrogens is 3. The maximum Gasteiger partial charge on any atom is 0.208 e. The molecule has 0 saturated carbocycles. The lowest BCUT2D eigenvalue weighted by atomic mass is 10.2. The lowest BCUT2D eigenvalue weighted by Gasteiger charge is -1.98. The predicted molar refractivity (Wildman–Crippen MR) is 76.7 cm³/mol. The molecule has 0 fully saturated rings. The van der Waals surface area contributed by atoms with Gasteiger partial charge in [-0.2, -0.15) is 0 Å². The minimum Gasteiger partial charge on any atom is -0.381 e. The Morgan fingerprint density at radius 3 is 3.00 bits per heavy atom. The molecule has 1 heterocycles. The van der Waals surface area contributed by atoms with Crippen molar-refractivity contribution in [2.45, 2.75) is 12.1 Å². The van der Waals surface area contributed by atoms with Crippen LogP contribution in [0.2, 0.25) is 0 Å². The van der Waals surface area contributed by atoms with Gasteiger partial charge in [-0.05, 0) is 13.0 Å². The van der Waals surface area contributed by atoms with Gasteiger partial charge in [-0.3, -0.25) is 5.10 Å². The van der Waals surface area contributed by atoms with E-state index in [4.69, 9.17) is 4.74 Å². The van der Waals surface area contributed by atoms with Crippen LogP contribution in [0.5, 0.6) is 0 Å². The largest absolute Gasteiger partial charge is 0.381 e. The number of H-pyrrole nitrogens is 1. The zero-order chi connectivity index (χ0) is 12.8. The zero-order valence-corrected chi connectivity index (χ0v) is 12.4. The van der Waals surface area contributed by atoms with E-state index in [0.29, 0.717) is 0 Å². The summed E-state index contributed by atoms with van der Waals surface area (Å²) in [5.74, 6) is 1.64. The van der Waals surface area contributed by atoms with Crippen LogP contribution in [0.1, 0.15) is 6.92 Å². The Hall–Kier alpha value is -0.850. The Morgan fingerprint density at radius 1 is 1.39 bits per heavy atom. The fourth-order valence-electron chi connectivity index (χ4n) is 1.42. The molecule has 96 valence electrons. The molecule has 0 amide bonds. The lowest BCUT2D eigenvalue weighted by Crippen LogP contribution is -1.96. The highest BCUT2D eigenvalue weighted by Crippen LogP contribution is 2.26. The number of benzene rings is 1. The fraction of sp³-hybridized carbons (Fsp3) is 0.333. The molecule has 1 N–H and O–H groups in total. The molecule has 0 aliphatic heterocycles. The molecule has 2 rings (SSSR count). The van der Waals surface area contributed by atoms with E-state index in [9.17, 15) is 0 Å². The molecular weight excluding hydrogens is 314 g/mol. The Balaban J connectivity index is 2.00. The third-order valence-corrected chi connectivity index (χ3v) is 3.76. The van der Waals surface area contributed by atoms with Gasteiger partial charge >= 0.3 is 0 Å². The van der Waals surface area contributed by atoms with E-state index in [1.54, 1.807) is 11.8 Å². The average molecular weight is 328 g/mol. The summed E-state index contributed by atoms with van der Waals surface area (Å²) in [6.07, 6.45) is 0. The molecule has 6 heteroatoms. The van der Waals surface area contributed by atoms with E-state index in [1.165, 1.54) is 0 Å². The highest BCUT2D eigenvalue weighted by atomic mass is 79.9. The van der Waals surface area contributed by atoms with Crippen LogP contribution in [0.15, 0.2) is 33.9 Å². The smallest absolute Gasteiger partial charge is 0.208 e. The van der Waals surface area contributed by atoms with E-state index in [1.807, 2.05) is 31.2 Å². The van der Waals surface area contributed by atoms with Gasteiger partial charge in [0.05, 0.1) is 6.61 Å². The Kier molecular flexibility index (Phi) is 5.22. The number of nitrogens with zero attached hydrogens (tertiary/aromatic N) is 2. The SMILES string of the molecule is CCOCCSc1n[nH]c(-c2ccccc2Br)n1. The van der Waals surface area contributed by atoms with E-state index in [0.717, 1.165) is 40.0 Å². The van der Waals surface area contributed by atoms with E-state index < -0.39 is 0 Å². The van der Waals surface area contributed by atoms with E-state index >= 15 is 0 Å². The zero-order valence-electron chi connectivity index (χ0n) is 10.0. The van der Waals surface area contributed by atoms with Crippen LogP contribution in [0.4, 0.5) is 0 Å².